The average Bonchev–Trinajstić information content (AvgIpc) is 3.90. The molecular weight excluding hydrogens is 854 g/mol. The van der Waals surface area contributed by atoms with Crippen LogP contribution in [0.15, 0.2) is 90.4 Å². The van der Waals surface area contributed by atoms with Crippen molar-refractivity contribution in [2.75, 3.05) is 26.2 Å². The van der Waals surface area contributed by atoms with Crippen LogP contribution in [-0.2, 0) is 48.0 Å². The number of hydrogen-bond acceptors (Lipinski definition) is 9. The van der Waals surface area contributed by atoms with Crippen molar-refractivity contribution >= 4 is 67.8 Å². The van der Waals surface area contributed by atoms with E-state index in [2.05, 4.69) is 36.9 Å². The molecule has 3 aromatic carbocycles. The van der Waals surface area contributed by atoms with Crippen LogP contribution in [0.4, 0.5) is 13.2 Å². The predicted molar refractivity (Wildman–Crippen MR) is 235 cm³/mol. The van der Waals surface area contributed by atoms with Crippen molar-refractivity contribution in [3.8, 4) is 0 Å². The van der Waals surface area contributed by atoms with E-state index in [0.29, 0.717) is 51.9 Å². The fraction of sp³-hybridized carbons (Fsp3) is 0.378. The maximum Gasteiger partial charge on any atom is 0.490 e. The number of halogens is 3. The van der Waals surface area contributed by atoms with Gasteiger partial charge in [0.15, 0.2) is 0 Å². The first-order valence-electron chi connectivity index (χ1n) is 20.9. The number of fused-ring (bicyclic) bond motifs is 2. The maximum absolute atomic E-state index is 14.6. The van der Waals surface area contributed by atoms with E-state index in [9.17, 15) is 37.1 Å². The number of hydrogen-bond donors (Lipinski definition) is 9. The standard InChI is InChI=1S/C43H50N8O5S.C2HF3O2/c44-42(56)43(16-20-46-21-17-43)51-41(55)34(22-27-8-2-1-3-9-27)49-39(53)35(23-29-25-47-33-12-6-4-10-31(29)33)50-40(54)36(48-38(52)28-14-18-45-19-15-28)24-30-26-57-37-13-7-5-11-32(30)37;3-2(4,5)1(6)7/h1-13,25-26,28,34-36,45-47H,14-24H2,(H2,44,56)(H,48,52)(H,49,53)(H,50,54)(H,51,55);(H,6,7)/t34-,35+,36+;/m0./s1. The van der Waals surface area contributed by atoms with Crippen LogP contribution in [-0.4, -0.2) is 102 Å². The molecule has 15 nitrogen and oxygen atoms in total. The van der Waals surface area contributed by atoms with Crippen molar-refractivity contribution in [1.82, 2.24) is 36.9 Å². The zero-order chi connectivity index (χ0) is 45.9. The van der Waals surface area contributed by atoms with Gasteiger partial charge in [0.2, 0.25) is 29.5 Å². The summed E-state index contributed by atoms with van der Waals surface area (Å²) in [6, 6.07) is 21.6. The van der Waals surface area contributed by atoms with E-state index in [4.69, 9.17) is 15.6 Å². The van der Waals surface area contributed by atoms with Gasteiger partial charge in [-0.3, -0.25) is 24.0 Å². The van der Waals surface area contributed by atoms with Crippen LogP contribution in [0, 0.1) is 5.92 Å². The summed E-state index contributed by atoms with van der Waals surface area (Å²) >= 11 is 1.57. The first-order valence-corrected chi connectivity index (χ1v) is 21.8. The molecule has 4 heterocycles. The van der Waals surface area contributed by atoms with Gasteiger partial charge in [-0.15, -0.1) is 11.3 Å². The Kier molecular flexibility index (Phi) is 15.8. The van der Waals surface area contributed by atoms with Crippen LogP contribution in [0.25, 0.3) is 21.0 Å². The van der Waals surface area contributed by atoms with Gasteiger partial charge < -0.3 is 47.7 Å². The number of amides is 5. The van der Waals surface area contributed by atoms with Crippen molar-refractivity contribution in [2.45, 2.75) is 74.8 Å². The molecule has 0 unspecified atom stereocenters. The molecule has 7 rings (SSSR count). The molecule has 10 N–H and O–H groups in total. The van der Waals surface area contributed by atoms with E-state index in [1.807, 2.05) is 90.4 Å². The van der Waals surface area contributed by atoms with E-state index < -0.39 is 59.4 Å². The third-order valence-electron chi connectivity index (χ3n) is 11.5. The molecule has 5 amide bonds. The molecule has 2 aliphatic heterocycles. The normalized spacial score (nSPS) is 16.6. The zero-order valence-corrected chi connectivity index (χ0v) is 35.6. The van der Waals surface area contributed by atoms with Crippen molar-refractivity contribution in [1.29, 1.82) is 0 Å². The van der Waals surface area contributed by atoms with Gasteiger partial charge in [0, 0.05) is 47.0 Å². The largest absolute Gasteiger partial charge is 0.490 e. The molecule has 0 aliphatic carbocycles. The number of aromatic nitrogens is 1. The lowest BCUT2D eigenvalue weighted by molar-refractivity contribution is -0.192. The molecule has 340 valence electrons. The number of para-hydroxylation sites is 1. The maximum atomic E-state index is 14.6. The highest BCUT2D eigenvalue weighted by molar-refractivity contribution is 7.17. The van der Waals surface area contributed by atoms with Crippen molar-refractivity contribution in [2.24, 2.45) is 11.7 Å². The van der Waals surface area contributed by atoms with Crippen LogP contribution >= 0.6 is 11.3 Å². The highest BCUT2D eigenvalue weighted by Gasteiger charge is 2.42. The number of rotatable bonds is 15. The number of carbonyl (C=O) groups is 6. The lowest BCUT2D eigenvalue weighted by atomic mass is 9.87. The molecular formula is C45H51F3N8O7S. The highest BCUT2D eigenvalue weighted by atomic mass is 32.1. The number of carboxylic acid groups (broad SMARTS) is 1. The lowest BCUT2D eigenvalue weighted by Crippen LogP contribution is -2.65. The number of benzene rings is 3. The molecule has 0 saturated carbocycles. The number of H-pyrrole nitrogens is 1. The Morgan fingerprint density at radius 3 is 1.91 bits per heavy atom. The number of carbonyl (C=O) groups excluding carboxylic acids is 5. The summed E-state index contributed by atoms with van der Waals surface area (Å²) in [6.45, 7) is 2.42. The van der Waals surface area contributed by atoms with Gasteiger partial charge in [0.25, 0.3) is 0 Å². The van der Waals surface area contributed by atoms with Gasteiger partial charge in [-0.2, -0.15) is 13.2 Å². The molecule has 0 bridgehead atoms. The molecule has 2 aliphatic rings. The molecule has 2 aromatic heterocycles. The highest BCUT2D eigenvalue weighted by Crippen LogP contribution is 2.27. The average molecular weight is 905 g/mol. The van der Waals surface area contributed by atoms with Gasteiger partial charge in [-0.25, -0.2) is 4.79 Å². The first kappa shape index (κ1) is 47.2. The Morgan fingerprint density at radius 2 is 1.27 bits per heavy atom. The van der Waals surface area contributed by atoms with Crippen LogP contribution in [0.2, 0.25) is 0 Å². The fourth-order valence-electron chi connectivity index (χ4n) is 7.94. The minimum absolute atomic E-state index is 0.0918. The van der Waals surface area contributed by atoms with E-state index in [0.717, 1.165) is 37.7 Å². The summed E-state index contributed by atoms with van der Waals surface area (Å²) in [5.41, 5.74) is 7.96. The second-order valence-corrected chi connectivity index (χ2v) is 16.8. The molecule has 19 heteroatoms. The van der Waals surface area contributed by atoms with Crippen LogP contribution in [0.1, 0.15) is 42.4 Å². The minimum Gasteiger partial charge on any atom is -0.475 e. The number of thiophene rings is 1. The van der Waals surface area contributed by atoms with E-state index >= 15 is 0 Å². The molecule has 0 spiro atoms. The number of piperidine rings is 2. The summed E-state index contributed by atoms with van der Waals surface area (Å²) in [7, 11) is 0. The van der Waals surface area contributed by atoms with Gasteiger partial charge in [0.1, 0.15) is 23.7 Å². The van der Waals surface area contributed by atoms with Gasteiger partial charge in [-0.1, -0.05) is 66.7 Å². The van der Waals surface area contributed by atoms with Crippen LogP contribution in [0.5, 0.6) is 0 Å². The monoisotopic (exact) mass is 904 g/mol. The van der Waals surface area contributed by atoms with Crippen molar-refractivity contribution in [3.63, 3.8) is 0 Å². The summed E-state index contributed by atoms with van der Waals surface area (Å²) < 4.78 is 32.8. The molecule has 0 radical (unpaired) electrons. The summed E-state index contributed by atoms with van der Waals surface area (Å²) in [5.74, 6) is -5.50. The number of aromatic amines is 1. The third kappa shape index (κ3) is 12.2. The van der Waals surface area contributed by atoms with Gasteiger partial charge in [0.05, 0.1) is 0 Å². The Morgan fingerprint density at radius 1 is 0.719 bits per heavy atom. The summed E-state index contributed by atoms with van der Waals surface area (Å²) in [6.07, 6.45) is -0.901. The predicted octanol–water partition coefficient (Wildman–Crippen LogP) is 3.22. The van der Waals surface area contributed by atoms with Gasteiger partial charge >= 0.3 is 12.1 Å². The summed E-state index contributed by atoms with van der Waals surface area (Å²) in [4.78, 5) is 81.9. The number of aliphatic carboxylic acids is 1. The Balaban J connectivity index is 0.000000898. The second kappa shape index (κ2) is 21.4. The Hall–Kier alpha value is -6.31. The van der Waals surface area contributed by atoms with Crippen molar-refractivity contribution < 1.29 is 47.0 Å². The number of nitrogens with one attached hydrogen (secondary N) is 7. The molecule has 64 heavy (non-hydrogen) atoms. The zero-order valence-electron chi connectivity index (χ0n) is 34.8. The number of carboxylic acids is 1. The van der Waals surface area contributed by atoms with Crippen LogP contribution < -0.4 is 37.6 Å². The lowest BCUT2D eigenvalue weighted by Gasteiger charge is -2.36. The van der Waals surface area contributed by atoms with E-state index in [1.165, 1.54) is 0 Å². The Bertz CT molecular complexity index is 2430. The minimum atomic E-state index is -5.08. The number of primary amides is 1. The number of nitrogens with two attached hydrogens (primary N) is 1. The van der Waals surface area contributed by atoms with E-state index in [1.54, 1.807) is 11.3 Å². The van der Waals surface area contributed by atoms with Gasteiger partial charge in [-0.05, 0) is 91.5 Å². The third-order valence-corrected chi connectivity index (χ3v) is 12.5. The molecule has 2 fully saturated rings. The SMILES string of the molecule is NC(=O)C1(NC(=O)[C@H](Cc2ccccc2)NC(=O)[C@@H](Cc2c[nH]c3ccccc23)NC(=O)[C@@H](Cc2csc3ccccc23)NC(=O)C2CCNCC2)CCNCC1.O=C(O)C(F)(F)F. The van der Waals surface area contributed by atoms with Crippen molar-refractivity contribution in [3.05, 3.63) is 107 Å². The topological polar surface area (TPSA) is 237 Å². The molecule has 2 saturated heterocycles. The smallest absolute Gasteiger partial charge is 0.475 e. The van der Waals surface area contributed by atoms with E-state index in [-0.39, 0.29) is 31.1 Å². The Labute approximate surface area is 370 Å². The number of alkyl halides is 3. The second-order valence-electron chi connectivity index (χ2n) is 15.9. The van der Waals surface area contributed by atoms with Crippen LogP contribution in [0.3, 0.4) is 0 Å². The fourth-order valence-corrected chi connectivity index (χ4v) is 8.91. The molecule has 5 aromatic rings. The first-order chi connectivity index (χ1) is 30.6. The summed E-state index contributed by atoms with van der Waals surface area (Å²) in [5, 5.41) is 29.4. The molecule has 3 atom stereocenters. The quantitative estimate of drug-likeness (QED) is 0.0749.